The van der Waals surface area contributed by atoms with Crippen LogP contribution in [0.2, 0.25) is 0 Å². The first-order chi connectivity index (χ1) is 9.21. The fraction of sp³-hybridized carbons (Fsp3) is 0.500. The van der Waals surface area contributed by atoms with Crippen molar-refractivity contribution in [1.29, 1.82) is 0 Å². The number of aromatic nitrogens is 1. The van der Waals surface area contributed by atoms with E-state index >= 15 is 0 Å². The summed E-state index contributed by atoms with van der Waals surface area (Å²) in [5.74, 6) is 0. The van der Waals surface area contributed by atoms with Crippen molar-refractivity contribution in [2.75, 3.05) is 6.61 Å². The van der Waals surface area contributed by atoms with E-state index in [1.54, 1.807) is 0 Å². The molecule has 19 heavy (non-hydrogen) atoms. The Labute approximate surface area is 113 Å². The van der Waals surface area contributed by atoms with Gasteiger partial charge in [-0.1, -0.05) is 6.07 Å². The molecule has 1 aliphatic carbocycles. The molecule has 2 aromatic rings. The normalized spacial score (nSPS) is 22.2. The van der Waals surface area contributed by atoms with Crippen LogP contribution >= 0.6 is 0 Å². The van der Waals surface area contributed by atoms with Crippen LogP contribution in [0.15, 0.2) is 18.2 Å². The van der Waals surface area contributed by atoms with Gasteiger partial charge in [-0.3, -0.25) is 0 Å². The summed E-state index contributed by atoms with van der Waals surface area (Å²) in [4.78, 5) is 3.53. The highest BCUT2D eigenvalue weighted by Crippen LogP contribution is 2.51. The molecule has 0 bridgehead atoms. The molecule has 1 fully saturated rings. The third-order valence-electron chi connectivity index (χ3n) is 4.97. The zero-order valence-corrected chi connectivity index (χ0v) is 11.3. The van der Waals surface area contributed by atoms with Gasteiger partial charge in [-0.15, -0.1) is 0 Å². The highest BCUT2D eigenvalue weighted by atomic mass is 16.5. The van der Waals surface area contributed by atoms with E-state index in [0.717, 1.165) is 19.6 Å². The Morgan fingerprint density at radius 2 is 2.21 bits per heavy atom. The molecular formula is C16H20N2O. The fourth-order valence-corrected chi connectivity index (χ4v) is 3.48. The second-order valence-corrected chi connectivity index (χ2v) is 6.09. The van der Waals surface area contributed by atoms with Crippen LogP contribution in [0.5, 0.6) is 0 Å². The molecule has 1 aliphatic heterocycles. The number of hydrogen-bond donors (Lipinski definition) is 2. The van der Waals surface area contributed by atoms with Gasteiger partial charge in [0.1, 0.15) is 0 Å². The molecule has 0 saturated heterocycles. The molecule has 1 aromatic carbocycles. The number of rotatable bonds is 2. The molecule has 3 N–H and O–H groups in total. The van der Waals surface area contributed by atoms with E-state index in [-0.39, 0.29) is 11.5 Å². The molecule has 0 amide bonds. The highest BCUT2D eigenvalue weighted by molar-refractivity contribution is 5.86. The van der Waals surface area contributed by atoms with Crippen LogP contribution in [0.1, 0.15) is 36.6 Å². The van der Waals surface area contributed by atoms with Crippen LogP contribution < -0.4 is 5.73 Å². The standard InChI is InChI=1S/C16H20N2O/c1-10(17)16(5-6-16)11-2-3-14-12(8-11)13-9-19-7-4-15(13)18-14/h2-3,8,10,18H,4-7,9,17H2,1H3. The van der Waals surface area contributed by atoms with Gasteiger partial charge in [-0.25, -0.2) is 0 Å². The van der Waals surface area contributed by atoms with Gasteiger partial charge < -0.3 is 15.5 Å². The molecule has 0 spiro atoms. The molecule has 4 rings (SSSR count). The minimum absolute atomic E-state index is 0.230. The monoisotopic (exact) mass is 256 g/mol. The number of nitrogens with one attached hydrogen (secondary N) is 1. The summed E-state index contributed by atoms with van der Waals surface area (Å²) in [7, 11) is 0. The summed E-state index contributed by atoms with van der Waals surface area (Å²) in [6.07, 6.45) is 3.44. The maximum absolute atomic E-state index is 6.19. The topological polar surface area (TPSA) is 51.0 Å². The minimum atomic E-state index is 0.230. The lowest BCUT2D eigenvalue weighted by Crippen LogP contribution is -2.31. The lowest BCUT2D eigenvalue weighted by atomic mass is 9.88. The maximum Gasteiger partial charge on any atom is 0.0740 e. The maximum atomic E-state index is 6.19. The molecule has 3 heteroatoms. The van der Waals surface area contributed by atoms with Crippen LogP contribution in [-0.4, -0.2) is 17.6 Å². The first-order valence-electron chi connectivity index (χ1n) is 7.18. The van der Waals surface area contributed by atoms with Gasteiger partial charge in [0.2, 0.25) is 0 Å². The lowest BCUT2D eigenvalue weighted by Gasteiger charge is -2.20. The largest absolute Gasteiger partial charge is 0.376 e. The summed E-state index contributed by atoms with van der Waals surface area (Å²) in [5.41, 5.74) is 11.8. The second kappa shape index (κ2) is 3.84. The van der Waals surface area contributed by atoms with E-state index in [2.05, 4.69) is 30.1 Å². The second-order valence-electron chi connectivity index (χ2n) is 6.09. The van der Waals surface area contributed by atoms with Crippen LogP contribution in [0.4, 0.5) is 0 Å². The van der Waals surface area contributed by atoms with E-state index in [4.69, 9.17) is 10.5 Å². The van der Waals surface area contributed by atoms with Crippen molar-refractivity contribution in [2.45, 2.75) is 44.2 Å². The Morgan fingerprint density at radius 1 is 1.37 bits per heavy atom. The highest BCUT2D eigenvalue weighted by Gasteiger charge is 2.47. The third kappa shape index (κ3) is 1.58. The number of nitrogens with two attached hydrogens (primary N) is 1. The summed E-state index contributed by atoms with van der Waals surface area (Å²) >= 11 is 0. The Bertz CT molecular complexity index is 637. The van der Waals surface area contributed by atoms with Crippen molar-refractivity contribution in [2.24, 2.45) is 5.73 Å². The summed E-state index contributed by atoms with van der Waals surface area (Å²) in [6, 6.07) is 7.04. The van der Waals surface area contributed by atoms with Crippen LogP contribution in [-0.2, 0) is 23.2 Å². The predicted molar refractivity (Wildman–Crippen MR) is 76.2 cm³/mol. The molecule has 1 saturated carbocycles. The number of aromatic amines is 1. The first-order valence-corrected chi connectivity index (χ1v) is 7.18. The van der Waals surface area contributed by atoms with Gasteiger partial charge in [0.25, 0.3) is 0 Å². The molecule has 2 heterocycles. The lowest BCUT2D eigenvalue weighted by molar-refractivity contribution is 0.111. The molecular weight excluding hydrogens is 236 g/mol. The van der Waals surface area contributed by atoms with Crippen molar-refractivity contribution in [3.8, 4) is 0 Å². The Hall–Kier alpha value is -1.32. The van der Waals surface area contributed by atoms with Crippen molar-refractivity contribution >= 4 is 10.9 Å². The van der Waals surface area contributed by atoms with E-state index in [0.29, 0.717) is 0 Å². The van der Waals surface area contributed by atoms with Crippen LogP contribution in [0.3, 0.4) is 0 Å². The SMILES string of the molecule is CC(N)C1(c2ccc3[nH]c4c(c3c2)COCC4)CC1. The Morgan fingerprint density at radius 3 is 2.95 bits per heavy atom. The van der Waals surface area contributed by atoms with E-state index in [1.807, 2.05) is 0 Å². The van der Waals surface area contributed by atoms with E-state index in [1.165, 1.54) is 40.6 Å². The Balaban J connectivity index is 1.87. The van der Waals surface area contributed by atoms with Crippen molar-refractivity contribution in [3.63, 3.8) is 0 Å². The molecule has 1 aromatic heterocycles. The molecule has 0 radical (unpaired) electrons. The average molecular weight is 256 g/mol. The number of ether oxygens (including phenoxy) is 1. The van der Waals surface area contributed by atoms with Gasteiger partial charge in [0, 0.05) is 40.0 Å². The zero-order chi connectivity index (χ0) is 13.0. The predicted octanol–water partition coefficient (Wildman–Crippen LogP) is 2.62. The number of benzene rings is 1. The summed E-state index contributed by atoms with van der Waals surface area (Å²) in [6.45, 7) is 3.70. The smallest absolute Gasteiger partial charge is 0.0740 e. The fourth-order valence-electron chi connectivity index (χ4n) is 3.48. The number of H-pyrrole nitrogens is 1. The van der Waals surface area contributed by atoms with Crippen LogP contribution in [0, 0.1) is 0 Å². The van der Waals surface area contributed by atoms with Crippen molar-refractivity contribution in [1.82, 2.24) is 4.98 Å². The van der Waals surface area contributed by atoms with Gasteiger partial charge in [-0.05, 0) is 37.5 Å². The average Bonchev–Trinajstić information content (AvgIpc) is 3.15. The van der Waals surface area contributed by atoms with Gasteiger partial charge in [0.15, 0.2) is 0 Å². The van der Waals surface area contributed by atoms with E-state index < -0.39 is 0 Å². The van der Waals surface area contributed by atoms with Crippen LogP contribution in [0.25, 0.3) is 10.9 Å². The van der Waals surface area contributed by atoms with Gasteiger partial charge >= 0.3 is 0 Å². The molecule has 1 atom stereocenters. The molecule has 2 aliphatic rings. The quantitative estimate of drug-likeness (QED) is 0.867. The van der Waals surface area contributed by atoms with Crippen molar-refractivity contribution in [3.05, 3.63) is 35.0 Å². The molecule has 3 nitrogen and oxygen atoms in total. The third-order valence-corrected chi connectivity index (χ3v) is 4.97. The van der Waals surface area contributed by atoms with Gasteiger partial charge in [-0.2, -0.15) is 0 Å². The molecule has 100 valence electrons. The Kier molecular flexibility index (Phi) is 2.32. The summed E-state index contributed by atoms with van der Waals surface area (Å²) < 4.78 is 5.61. The number of fused-ring (bicyclic) bond motifs is 3. The number of hydrogen-bond acceptors (Lipinski definition) is 2. The first kappa shape index (κ1) is 11.5. The molecule has 1 unspecified atom stereocenters. The zero-order valence-electron chi connectivity index (χ0n) is 11.3. The minimum Gasteiger partial charge on any atom is -0.376 e. The van der Waals surface area contributed by atoms with Gasteiger partial charge in [0.05, 0.1) is 13.2 Å². The summed E-state index contributed by atoms with van der Waals surface area (Å²) in [5, 5.41) is 1.33. The van der Waals surface area contributed by atoms with E-state index in [9.17, 15) is 0 Å². The van der Waals surface area contributed by atoms with Crippen molar-refractivity contribution < 1.29 is 4.74 Å².